The third-order valence-electron chi connectivity index (χ3n) is 1.44. The summed E-state index contributed by atoms with van der Waals surface area (Å²) < 4.78 is 12.6. The Hall–Kier alpha value is -1.05. The lowest BCUT2D eigenvalue weighted by atomic mass is 10.2. The molecule has 0 aromatic rings. The van der Waals surface area contributed by atoms with Crippen LogP contribution in [-0.2, 0) is 0 Å². The number of halogens is 1. The third-order valence-corrected chi connectivity index (χ3v) is 1.44. The summed E-state index contributed by atoms with van der Waals surface area (Å²) in [6.07, 6.45) is 5.30. The number of alkyl halides is 1. The van der Waals surface area contributed by atoms with Crippen molar-refractivity contribution in [1.29, 1.82) is 0 Å². The van der Waals surface area contributed by atoms with E-state index in [4.69, 9.17) is 5.73 Å². The molecule has 0 heterocycles. The van der Waals surface area contributed by atoms with Gasteiger partial charge in [0.15, 0.2) is 0 Å². The molecule has 1 nitrogen and oxygen atoms in total. The fraction of sp³-hybridized carbons (Fsp3) is 0.250. The van der Waals surface area contributed by atoms with Gasteiger partial charge in [0, 0.05) is 5.70 Å². The Morgan fingerprint density at radius 1 is 1.60 bits per heavy atom. The first-order valence-corrected chi connectivity index (χ1v) is 3.17. The van der Waals surface area contributed by atoms with E-state index in [1.165, 1.54) is 12.2 Å². The Bertz CT molecular complexity index is 213. The van der Waals surface area contributed by atoms with E-state index in [1.807, 2.05) is 6.92 Å². The van der Waals surface area contributed by atoms with E-state index in [0.29, 0.717) is 5.70 Å². The molecule has 2 heteroatoms. The van der Waals surface area contributed by atoms with E-state index >= 15 is 0 Å². The van der Waals surface area contributed by atoms with E-state index in [0.717, 1.165) is 5.57 Å². The fourth-order valence-corrected chi connectivity index (χ4v) is 0.761. The molecule has 1 aliphatic rings. The second-order valence-electron chi connectivity index (χ2n) is 2.30. The van der Waals surface area contributed by atoms with Crippen molar-refractivity contribution in [3.63, 3.8) is 0 Å². The molecule has 0 amide bonds. The summed E-state index contributed by atoms with van der Waals surface area (Å²) in [6, 6.07) is 0. The smallest absolute Gasteiger partial charge is 0.139 e. The molecule has 0 aromatic carbocycles. The monoisotopic (exact) mass is 139 g/mol. The van der Waals surface area contributed by atoms with Gasteiger partial charge in [-0.15, -0.1) is 0 Å². The van der Waals surface area contributed by atoms with Gasteiger partial charge in [0.05, 0.1) is 0 Å². The quantitative estimate of drug-likeness (QED) is 0.543. The minimum Gasteiger partial charge on any atom is -0.399 e. The van der Waals surface area contributed by atoms with Crippen molar-refractivity contribution in [2.24, 2.45) is 5.73 Å². The predicted octanol–water partition coefficient (Wildman–Crippen LogP) is 1.68. The lowest BCUT2D eigenvalue weighted by Gasteiger charge is -1.97. The van der Waals surface area contributed by atoms with Crippen molar-refractivity contribution in [3.8, 4) is 0 Å². The Morgan fingerprint density at radius 3 is 3.00 bits per heavy atom. The van der Waals surface area contributed by atoms with E-state index < -0.39 is 6.17 Å². The molecule has 0 aliphatic heterocycles. The van der Waals surface area contributed by atoms with Crippen LogP contribution in [0.5, 0.6) is 0 Å². The van der Waals surface area contributed by atoms with Crippen molar-refractivity contribution in [1.82, 2.24) is 0 Å². The van der Waals surface area contributed by atoms with E-state index in [1.54, 1.807) is 12.2 Å². The van der Waals surface area contributed by atoms with Crippen molar-refractivity contribution in [2.45, 2.75) is 13.1 Å². The summed E-state index contributed by atoms with van der Waals surface area (Å²) in [7, 11) is 0. The van der Waals surface area contributed by atoms with Gasteiger partial charge in [-0.3, -0.25) is 0 Å². The molecule has 0 radical (unpaired) electrons. The molecule has 1 atom stereocenters. The molecule has 1 aliphatic carbocycles. The van der Waals surface area contributed by atoms with Crippen molar-refractivity contribution < 1.29 is 4.39 Å². The molecule has 0 bridgehead atoms. The Balaban J connectivity index is 2.90. The maximum atomic E-state index is 12.6. The Labute approximate surface area is 59.7 Å². The number of allylic oxidation sites excluding steroid dienone is 5. The van der Waals surface area contributed by atoms with Gasteiger partial charge in [0.2, 0.25) is 0 Å². The SMILES string of the molecule is CC1=CC=CC(F)C=C1N. The third kappa shape index (κ3) is 1.47. The highest BCUT2D eigenvalue weighted by molar-refractivity contribution is 5.34. The highest BCUT2D eigenvalue weighted by Gasteiger charge is 2.02. The standard InChI is InChI=1S/C8H10FN/c1-6-3-2-4-7(9)5-8(6)10/h2-5,7H,10H2,1H3. The van der Waals surface area contributed by atoms with Crippen LogP contribution in [0.1, 0.15) is 6.92 Å². The van der Waals surface area contributed by atoms with Crippen LogP contribution in [0.15, 0.2) is 35.6 Å². The number of hydrogen-bond acceptors (Lipinski definition) is 1. The number of nitrogens with two attached hydrogens (primary N) is 1. The molecule has 0 fully saturated rings. The lowest BCUT2D eigenvalue weighted by Crippen LogP contribution is -2.00. The minimum atomic E-state index is -1.03. The summed E-state index contributed by atoms with van der Waals surface area (Å²) >= 11 is 0. The topological polar surface area (TPSA) is 26.0 Å². The van der Waals surface area contributed by atoms with Gasteiger partial charge < -0.3 is 5.73 Å². The first-order valence-electron chi connectivity index (χ1n) is 3.17. The average molecular weight is 139 g/mol. The zero-order valence-electron chi connectivity index (χ0n) is 5.84. The Kier molecular flexibility index (Phi) is 1.90. The first kappa shape index (κ1) is 7.06. The van der Waals surface area contributed by atoms with E-state index in [-0.39, 0.29) is 0 Å². The van der Waals surface area contributed by atoms with Gasteiger partial charge in [-0.2, -0.15) is 0 Å². The van der Waals surface area contributed by atoms with Crippen LogP contribution in [0, 0.1) is 0 Å². The molecule has 0 saturated carbocycles. The summed E-state index contributed by atoms with van der Waals surface area (Å²) in [6.45, 7) is 1.86. The van der Waals surface area contributed by atoms with Gasteiger partial charge in [-0.1, -0.05) is 12.2 Å². The van der Waals surface area contributed by atoms with E-state index in [9.17, 15) is 4.39 Å². The molecular weight excluding hydrogens is 129 g/mol. The largest absolute Gasteiger partial charge is 0.399 e. The normalized spacial score (nSPS) is 25.2. The van der Waals surface area contributed by atoms with Crippen molar-refractivity contribution in [3.05, 3.63) is 35.6 Å². The zero-order valence-corrected chi connectivity index (χ0v) is 5.84. The van der Waals surface area contributed by atoms with E-state index in [2.05, 4.69) is 0 Å². The minimum absolute atomic E-state index is 0.525. The van der Waals surface area contributed by atoms with Gasteiger partial charge in [0.25, 0.3) is 0 Å². The second-order valence-corrected chi connectivity index (χ2v) is 2.30. The summed E-state index contributed by atoms with van der Waals surface area (Å²) in [5, 5.41) is 0. The number of rotatable bonds is 0. The van der Waals surface area contributed by atoms with Crippen LogP contribution in [0.2, 0.25) is 0 Å². The van der Waals surface area contributed by atoms with Gasteiger partial charge in [-0.25, -0.2) is 4.39 Å². The number of hydrogen-bond donors (Lipinski definition) is 1. The molecule has 0 aromatic heterocycles. The van der Waals surface area contributed by atoms with Crippen LogP contribution in [0.3, 0.4) is 0 Å². The molecule has 0 spiro atoms. The molecule has 1 unspecified atom stereocenters. The maximum absolute atomic E-state index is 12.6. The van der Waals surface area contributed by atoms with Gasteiger partial charge in [-0.05, 0) is 24.6 Å². The highest BCUT2D eigenvalue weighted by Crippen LogP contribution is 2.10. The molecule has 10 heavy (non-hydrogen) atoms. The summed E-state index contributed by atoms with van der Waals surface area (Å²) in [5.74, 6) is 0. The van der Waals surface area contributed by atoms with Crippen LogP contribution in [0.25, 0.3) is 0 Å². The van der Waals surface area contributed by atoms with Crippen LogP contribution in [-0.4, -0.2) is 6.17 Å². The van der Waals surface area contributed by atoms with Crippen molar-refractivity contribution in [2.75, 3.05) is 0 Å². The molecule has 0 saturated heterocycles. The zero-order chi connectivity index (χ0) is 7.56. The average Bonchev–Trinajstić information content (AvgIpc) is 1.96. The van der Waals surface area contributed by atoms with Crippen LogP contribution >= 0.6 is 0 Å². The fourth-order valence-electron chi connectivity index (χ4n) is 0.761. The van der Waals surface area contributed by atoms with Crippen LogP contribution < -0.4 is 5.73 Å². The molecule has 2 N–H and O–H groups in total. The van der Waals surface area contributed by atoms with Gasteiger partial charge >= 0.3 is 0 Å². The molecule has 54 valence electrons. The summed E-state index contributed by atoms with van der Waals surface area (Å²) in [5.41, 5.74) is 6.92. The lowest BCUT2D eigenvalue weighted by molar-refractivity contribution is 0.468. The highest BCUT2D eigenvalue weighted by atomic mass is 19.1. The van der Waals surface area contributed by atoms with Crippen LogP contribution in [0.4, 0.5) is 4.39 Å². The summed E-state index contributed by atoms with van der Waals surface area (Å²) in [4.78, 5) is 0. The molecule has 1 rings (SSSR count). The first-order chi connectivity index (χ1) is 4.70. The second kappa shape index (κ2) is 2.69. The molecular formula is C8H10FN. The maximum Gasteiger partial charge on any atom is 0.139 e. The Morgan fingerprint density at radius 2 is 2.30 bits per heavy atom. The predicted molar refractivity (Wildman–Crippen MR) is 40.1 cm³/mol. The van der Waals surface area contributed by atoms with Gasteiger partial charge in [0.1, 0.15) is 6.17 Å². The van der Waals surface area contributed by atoms with Crippen molar-refractivity contribution >= 4 is 0 Å².